The molecule has 0 heterocycles. The second-order valence-electron chi connectivity index (χ2n) is 2.56. The fourth-order valence-electron chi connectivity index (χ4n) is 0.840. The van der Waals surface area contributed by atoms with Crippen molar-refractivity contribution in [3.05, 3.63) is 40.4 Å². The summed E-state index contributed by atoms with van der Waals surface area (Å²) in [6.45, 7) is 0. The lowest BCUT2D eigenvalue weighted by Gasteiger charge is -2.12. The first-order valence-electron chi connectivity index (χ1n) is 3.62. The van der Waals surface area contributed by atoms with E-state index in [9.17, 15) is 18.5 Å². The van der Waals surface area contributed by atoms with Crippen LogP contribution in [0, 0.1) is 10.1 Å². The Bertz CT molecular complexity index is 471. The van der Waals surface area contributed by atoms with E-state index in [2.05, 4.69) is 31.9 Å². The predicted octanol–water partition coefficient (Wildman–Crippen LogP) is 2.14. The molecule has 0 spiro atoms. The summed E-state index contributed by atoms with van der Waals surface area (Å²) in [5, 5.41) is 10.6. The van der Waals surface area contributed by atoms with Crippen LogP contribution in [0.2, 0.25) is 0 Å². The molecule has 0 saturated heterocycles. The number of nitro groups is 1. The number of nitrogens with zero attached hydrogens (tertiary/aromatic N) is 1. The summed E-state index contributed by atoms with van der Waals surface area (Å²) in [7, 11) is -4.10. The Morgan fingerprint density at radius 3 is 2.07 bits per heavy atom. The fraction of sp³-hybridized carbons (Fsp3) is 0.143. The molecular weight excluding hydrogens is 354 g/mol. The average Bonchev–Trinajstić information content (AvgIpc) is 2.18. The Labute approximate surface area is 103 Å². The first kappa shape index (κ1) is 12.6. The maximum absolute atomic E-state index is 11.8. The molecule has 0 amide bonds. The molecule has 0 aromatic heterocycles. The summed E-state index contributed by atoms with van der Waals surface area (Å²) >= 11 is 5.07. The van der Waals surface area contributed by atoms with Gasteiger partial charge in [0.05, 0.1) is 9.82 Å². The van der Waals surface area contributed by atoms with Gasteiger partial charge in [0.2, 0.25) is 0 Å². The first-order chi connectivity index (χ1) is 6.80. The Hall–Kier alpha value is -0.470. The molecule has 0 fully saturated rings. The van der Waals surface area contributed by atoms with E-state index < -0.39 is 17.5 Å². The van der Waals surface area contributed by atoms with Crippen molar-refractivity contribution in [2.45, 2.75) is 7.58 Å². The lowest BCUT2D eigenvalue weighted by atomic mass is 10.4. The lowest BCUT2D eigenvalue weighted by Crippen LogP contribution is -2.33. The van der Waals surface area contributed by atoms with Gasteiger partial charge in [-0.1, -0.05) is 18.2 Å². The predicted molar refractivity (Wildman–Crippen MR) is 61.2 cm³/mol. The zero-order chi connectivity index (χ0) is 11.7. The van der Waals surface area contributed by atoms with E-state index in [1.807, 2.05) is 0 Å². The number of hydrogen-bond donors (Lipinski definition) is 0. The van der Waals surface area contributed by atoms with Crippen molar-refractivity contribution in [2.75, 3.05) is 0 Å². The normalized spacial score (nSPS) is 12.4. The lowest BCUT2D eigenvalue weighted by molar-refractivity contribution is -0.480. The molecule has 5 nitrogen and oxygen atoms in total. The summed E-state index contributed by atoms with van der Waals surface area (Å²) in [5.74, 6) is 0. The van der Waals surface area contributed by atoms with Gasteiger partial charge < -0.3 is 0 Å². The van der Waals surface area contributed by atoms with E-state index in [1.54, 1.807) is 6.07 Å². The van der Waals surface area contributed by atoms with E-state index in [-0.39, 0.29) is 4.90 Å². The van der Waals surface area contributed by atoms with Crippen molar-refractivity contribution in [2.24, 2.45) is 0 Å². The molecule has 0 radical (unpaired) electrons. The topological polar surface area (TPSA) is 77.3 Å². The van der Waals surface area contributed by atoms with Gasteiger partial charge in [-0.3, -0.25) is 10.1 Å². The van der Waals surface area contributed by atoms with Gasteiger partial charge in [-0.2, -0.15) is 0 Å². The van der Waals surface area contributed by atoms with Crippen LogP contribution in [-0.4, -0.2) is 16.0 Å². The number of hydrogen-bond acceptors (Lipinski definition) is 4. The molecule has 1 rings (SSSR count). The molecule has 0 aliphatic rings. The highest BCUT2D eigenvalue weighted by Gasteiger charge is 2.52. The molecule has 0 saturated carbocycles. The number of sulfone groups is 1. The molecular formula is C7H5Br2NO4S. The molecule has 1 aromatic rings. The van der Waals surface area contributed by atoms with Crippen molar-refractivity contribution in [1.29, 1.82) is 0 Å². The monoisotopic (exact) mass is 357 g/mol. The molecule has 8 heteroatoms. The first-order valence-corrected chi connectivity index (χ1v) is 6.69. The highest BCUT2D eigenvalue weighted by Crippen LogP contribution is 2.37. The molecule has 0 bridgehead atoms. The van der Waals surface area contributed by atoms with E-state index in [4.69, 9.17) is 0 Å². The minimum Gasteiger partial charge on any atom is -0.261 e. The third-order valence-corrected chi connectivity index (χ3v) is 6.41. The molecule has 0 atom stereocenters. The summed E-state index contributed by atoms with van der Waals surface area (Å²) in [6.07, 6.45) is 0. The Morgan fingerprint density at radius 2 is 1.67 bits per heavy atom. The summed E-state index contributed by atoms with van der Waals surface area (Å²) < 4.78 is 21.1. The van der Waals surface area contributed by atoms with Gasteiger partial charge >= 0.3 is 2.69 Å². The second-order valence-corrected chi connectivity index (χ2v) is 9.04. The van der Waals surface area contributed by atoms with Gasteiger partial charge in [-0.05, 0) is 12.1 Å². The van der Waals surface area contributed by atoms with Crippen molar-refractivity contribution in [3.8, 4) is 0 Å². The van der Waals surface area contributed by atoms with Gasteiger partial charge in [-0.15, -0.1) is 0 Å². The zero-order valence-corrected chi connectivity index (χ0v) is 11.1. The van der Waals surface area contributed by atoms with Crippen molar-refractivity contribution in [1.82, 2.24) is 0 Å². The standard InChI is InChI=1S/C7H5Br2NO4S/c8-7(9,10(11)12)15(13,14)6-4-2-1-3-5-6/h1-5H. The molecule has 15 heavy (non-hydrogen) atoms. The summed E-state index contributed by atoms with van der Waals surface area (Å²) in [6, 6.07) is 7.17. The van der Waals surface area contributed by atoms with Crippen molar-refractivity contribution in [3.63, 3.8) is 0 Å². The van der Waals surface area contributed by atoms with Gasteiger partial charge in [-0.25, -0.2) is 8.42 Å². The Kier molecular flexibility index (Phi) is 3.51. The van der Waals surface area contributed by atoms with Crippen molar-refractivity contribution >= 4 is 41.7 Å². The molecule has 82 valence electrons. The number of benzene rings is 1. The quantitative estimate of drug-likeness (QED) is 0.359. The van der Waals surface area contributed by atoms with Crippen LogP contribution in [0.3, 0.4) is 0 Å². The van der Waals surface area contributed by atoms with Crippen LogP contribution < -0.4 is 0 Å². The fourth-order valence-corrected chi connectivity index (χ4v) is 2.96. The van der Waals surface area contributed by atoms with Gasteiger partial charge in [0, 0.05) is 31.9 Å². The smallest absolute Gasteiger partial charge is 0.261 e. The zero-order valence-electron chi connectivity index (χ0n) is 7.13. The maximum Gasteiger partial charge on any atom is 0.428 e. The van der Waals surface area contributed by atoms with Gasteiger partial charge in [0.15, 0.2) is 0 Å². The number of halogens is 2. The Morgan fingerprint density at radius 1 is 1.20 bits per heavy atom. The van der Waals surface area contributed by atoms with E-state index in [0.29, 0.717) is 0 Å². The summed E-state index contributed by atoms with van der Waals surface area (Å²) in [4.78, 5) is 9.48. The summed E-state index contributed by atoms with van der Waals surface area (Å²) in [5.41, 5.74) is 0. The minimum absolute atomic E-state index is 0.129. The van der Waals surface area contributed by atoms with Gasteiger partial charge in [0.1, 0.15) is 0 Å². The second kappa shape index (κ2) is 4.18. The highest BCUT2D eigenvalue weighted by molar-refractivity contribution is 9.27. The number of alkyl halides is 2. The van der Waals surface area contributed by atoms with E-state index in [1.165, 1.54) is 24.3 Å². The van der Waals surface area contributed by atoms with Crippen LogP contribution in [0.1, 0.15) is 0 Å². The third-order valence-electron chi connectivity index (χ3n) is 1.59. The number of rotatable bonds is 3. The molecule has 0 aliphatic carbocycles. The van der Waals surface area contributed by atoms with E-state index >= 15 is 0 Å². The molecule has 0 N–H and O–H groups in total. The third kappa shape index (κ3) is 2.21. The molecule has 0 unspecified atom stereocenters. The average molecular weight is 359 g/mol. The van der Waals surface area contributed by atoms with Crippen LogP contribution >= 0.6 is 31.9 Å². The Balaban J connectivity index is 3.33. The van der Waals surface area contributed by atoms with Crippen LogP contribution in [0.5, 0.6) is 0 Å². The van der Waals surface area contributed by atoms with Crippen molar-refractivity contribution < 1.29 is 13.3 Å². The van der Waals surface area contributed by atoms with Crippen LogP contribution in [-0.2, 0) is 9.84 Å². The molecule has 0 aliphatic heterocycles. The SMILES string of the molecule is O=[N+]([O-])C(Br)(Br)S(=O)(=O)c1ccccc1. The van der Waals surface area contributed by atoms with Crippen LogP contribution in [0.25, 0.3) is 0 Å². The largest absolute Gasteiger partial charge is 0.428 e. The van der Waals surface area contributed by atoms with Crippen LogP contribution in [0.4, 0.5) is 0 Å². The maximum atomic E-state index is 11.8. The van der Waals surface area contributed by atoms with Crippen LogP contribution in [0.15, 0.2) is 35.2 Å². The van der Waals surface area contributed by atoms with E-state index in [0.717, 1.165) is 0 Å². The highest BCUT2D eigenvalue weighted by atomic mass is 79.9. The molecule has 1 aromatic carbocycles. The minimum atomic E-state index is -4.10. The van der Waals surface area contributed by atoms with Gasteiger partial charge in [0.25, 0.3) is 9.84 Å².